The van der Waals surface area contributed by atoms with E-state index < -0.39 is 0 Å². The Morgan fingerprint density at radius 2 is 2.07 bits per heavy atom. The SMILES string of the molecule is CC(Cl)CCc1cncc2ccccc12. The van der Waals surface area contributed by atoms with Crippen molar-refractivity contribution >= 4 is 22.4 Å². The molecule has 0 saturated carbocycles. The molecule has 1 aromatic carbocycles. The highest BCUT2D eigenvalue weighted by atomic mass is 35.5. The Morgan fingerprint density at radius 3 is 2.87 bits per heavy atom. The molecular weight excluding hydrogens is 206 g/mol. The van der Waals surface area contributed by atoms with Crippen LogP contribution in [0.25, 0.3) is 10.8 Å². The van der Waals surface area contributed by atoms with E-state index in [4.69, 9.17) is 11.6 Å². The van der Waals surface area contributed by atoms with Gasteiger partial charge in [0.05, 0.1) is 0 Å². The van der Waals surface area contributed by atoms with Crippen LogP contribution in [0.3, 0.4) is 0 Å². The van der Waals surface area contributed by atoms with Gasteiger partial charge in [0, 0.05) is 23.2 Å². The lowest BCUT2D eigenvalue weighted by Gasteiger charge is -2.06. The average Bonchev–Trinajstić information content (AvgIpc) is 2.26. The second-order valence-electron chi connectivity index (χ2n) is 3.84. The molecule has 78 valence electrons. The number of hydrogen-bond acceptors (Lipinski definition) is 1. The molecule has 2 rings (SSSR count). The van der Waals surface area contributed by atoms with Gasteiger partial charge in [-0.15, -0.1) is 11.6 Å². The van der Waals surface area contributed by atoms with Crippen LogP contribution in [0.15, 0.2) is 36.7 Å². The molecule has 2 heteroatoms. The first-order chi connectivity index (χ1) is 7.27. The minimum atomic E-state index is 0.226. The van der Waals surface area contributed by atoms with Crippen molar-refractivity contribution in [3.8, 4) is 0 Å². The summed E-state index contributed by atoms with van der Waals surface area (Å²) >= 11 is 5.96. The van der Waals surface area contributed by atoms with Crippen LogP contribution >= 0.6 is 11.6 Å². The zero-order chi connectivity index (χ0) is 10.7. The highest BCUT2D eigenvalue weighted by Crippen LogP contribution is 2.19. The molecule has 0 N–H and O–H groups in total. The molecule has 1 nitrogen and oxygen atoms in total. The summed E-state index contributed by atoms with van der Waals surface area (Å²) in [4.78, 5) is 4.25. The van der Waals surface area contributed by atoms with Gasteiger partial charge in [0.25, 0.3) is 0 Å². The second kappa shape index (κ2) is 4.63. The van der Waals surface area contributed by atoms with Gasteiger partial charge in [-0.3, -0.25) is 4.98 Å². The standard InChI is InChI=1S/C13H14ClN/c1-10(14)6-7-12-9-15-8-11-4-2-3-5-13(11)12/h2-5,8-10H,6-7H2,1H3. The Balaban J connectivity index is 2.34. The van der Waals surface area contributed by atoms with Crippen molar-refractivity contribution in [2.24, 2.45) is 0 Å². The Morgan fingerprint density at radius 1 is 1.27 bits per heavy atom. The first-order valence-corrected chi connectivity index (χ1v) is 5.66. The number of halogens is 1. The average molecular weight is 220 g/mol. The molecule has 0 radical (unpaired) electrons. The third-order valence-electron chi connectivity index (χ3n) is 2.56. The van der Waals surface area contributed by atoms with Gasteiger partial charge in [-0.1, -0.05) is 24.3 Å². The van der Waals surface area contributed by atoms with E-state index in [2.05, 4.69) is 23.2 Å². The summed E-state index contributed by atoms with van der Waals surface area (Å²) in [6.07, 6.45) is 5.85. The van der Waals surface area contributed by atoms with E-state index in [-0.39, 0.29) is 5.38 Å². The van der Waals surface area contributed by atoms with Crippen LogP contribution in [0.5, 0.6) is 0 Å². The number of aromatic nitrogens is 1. The van der Waals surface area contributed by atoms with Gasteiger partial charge < -0.3 is 0 Å². The highest BCUT2D eigenvalue weighted by Gasteiger charge is 2.02. The van der Waals surface area contributed by atoms with Crippen molar-refractivity contribution in [1.82, 2.24) is 4.98 Å². The van der Waals surface area contributed by atoms with Crippen LogP contribution in [-0.4, -0.2) is 10.4 Å². The number of aryl methyl sites for hydroxylation is 1. The summed E-state index contributed by atoms with van der Waals surface area (Å²) in [5, 5.41) is 2.73. The zero-order valence-electron chi connectivity index (χ0n) is 8.78. The summed E-state index contributed by atoms with van der Waals surface area (Å²) in [5.41, 5.74) is 1.29. The lowest BCUT2D eigenvalue weighted by Crippen LogP contribution is -1.96. The molecule has 0 aliphatic rings. The van der Waals surface area contributed by atoms with Gasteiger partial charge >= 0.3 is 0 Å². The normalized spacial score (nSPS) is 12.9. The van der Waals surface area contributed by atoms with Crippen LogP contribution < -0.4 is 0 Å². The van der Waals surface area contributed by atoms with Gasteiger partial charge in [-0.25, -0.2) is 0 Å². The molecule has 0 spiro atoms. The molecule has 0 aliphatic heterocycles. The van der Waals surface area contributed by atoms with Crippen LogP contribution in [0, 0.1) is 0 Å². The molecule has 1 atom stereocenters. The van der Waals surface area contributed by atoms with Crippen molar-refractivity contribution < 1.29 is 0 Å². The van der Waals surface area contributed by atoms with Crippen molar-refractivity contribution in [1.29, 1.82) is 0 Å². The Hall–Kier alpha value is -1.08. The topological polar surface area (TPSA) is 12.9 Å². The third kappa shape index (κ3) is 2.48. The predicted octanol–water partition coefficient (Wildman–Crippen LogP) is 3.79. The zero-order valence-corrected chi connectivity index (χ0v) is 9.54. The fraction of sp³-hybridized carbons (Fsp3) is 0.308. The smallest absolute Gasteiger partial charge is 0.0346 e. The van der Waals surface area contributed by atoms with Crippen molar-refractivity contribution in [2.75, 3.05) is 0 Å². The molecule has 0 amide bonds. The largest absolute Gasteiger partial charge is 0.264 e. The van der Waals surface area contributed by atoms with E-state index in [0.29, 0.717) is 0 Å². The van der Waals surface area contributed by atoms with E-state index in [0.717, 1.165) is 12.8 Å². The quantitative estimate of drug-likeness (QED) is 0.716. The van der Waals surface area contributed by atoms with E-state index in [1.54, 1.807) is 0 Å². The third-order valence-corrected chi connectivity index (χ3v) is 2.78. The van der Waals surface area contributed by atoms with Gasteiger partial charge in [0.1, 0.15) is 0 Å². The molecular formula is C13H14ClN. The number of fused-ring (bicyclic) bond motifs is 1. The maximum absolute atomic E-state index is 5.96. The number of benzene rings is 1. The molecule has 1 unspecified atom stereocenters. The number of nitrogens with zero attached hydrogens (tertiary/aromatic N) is 1. The molecule has 0 saturated heterocycles. The van der Waals surface area contributed by atoms with Gasteiger partial charge in [-0.2, -0.15) is 0 Å². The van der Waals surface area contributed by atoms with Crippen LogP contribution in [0.2, 0.25) is 0 Å². The number of pyridine rings is 1. The molecule has 1 heterocycles. The Labute approximate surface area is 95.1 Å². The molecule has 1 aromatic heterocycles. The van der Waals surface area contributed by atoms with E-state index >= 15 is 0 Å². The number of hydrogen-bond donors (Lipinski definition) is 0. The van der Waals surface area contributed by atoms with Crippen molar-refractivity contribution in [3.63, 3.8) is 0 Å². The maximum Gasteiger partial charge on any atom is 0.0346 e. The second-order valence-corrected chi connectivity index (χ2v) is 4.58. The summed E-state index contributed by atoms with van der Waals surface area (Å²) in [6.45, 7) is 2.03. The molecule has 15 heavy (non-hydrogen) atoms. The minimum absolute atomic E-state index is 0.226. The summed E-state index contributed by atoms with van der Waals surface area (Å²) in [5.74, 6) is 0. The summed E-state index contributed by atoms with van der Waals surface area (Å²) < 4.78 is 0. The maximum atomic E-state index is 5.96. The fourth-order valence-corrected chi connectivity index (χ4v) is 1.84. The summed E-state index contributed by atoms with van der Waals surface area (Å²) in [7, 11) is 0. The van der Waals surface area contributed by atoms with Crippen molar-refractivity contribution in [2.45, 2.75) is 25.1 Å². The molecule has 0 fully saturated rings. The van der Waals surface area contributed by atoms with Gasteiger partial charge in [0.2, 0.25) is 0 Å². The van der Waals surface area contributed by atoms with Crippen LogP contribution in [-0.2, 0) is 6.42 Å². The van der Waals surface area contributed by atoms with E-state index in [1.165, 1.54) is 16.3 Å². The van der Waals surface area contributed by atoms with Gasteiger partial charge in [-0.05, 0) is 30.7 Å². The van der Waals surface area contributed by atoms with E-state index in [9.17, 15) is 0 Å². The monoisotopic (exact) mass is 219 g/mol. The summed E-state index contributed by atoms with van der Waals surface area (Å²) in [6, 6.07) is 8.34. The number of alkyl halides is 1. The Bertz CT molecular complexity index is 446. The van der Waals surface area contributed by atoms with Gasteiger partial charge in [0.15, 0.2) is 0 Å². The first-order valence-electron chi connectivity index (χ1n) is 5.23. The molecule has 0 aliphatic carbocycles. The first kappa shape index (κ1) is 10.4. The van der Waals surface area contributed by atoms with E-state index in [1.807, 2.05) is 25.4 Å². The fourth-order valence-electron chi connectivity index (χ4n) is 1.73. The predicted molar refractivity (Wildman–Crippen MR) is 65.4 cm³/mol. The molecule has 0 bridgehead atoms. The number of rotatable bonds is 3. The van der Waals surface area contributed by atoms with Crippen molar-refractivity contribution in [3.05, 3.63) is 42.2 Å². The highest BCUT2D eigenvalue weighted by molar-refractivity contribution is 6.20. The van der Waals surface area contributed by atoms with Crippen LogP contribution in [0.1, 0.15) is 18.9 Å². The lowest BCUT2D eigenvalue weighted by atomic mass is 10.0. The van der Waals surface area contributed by atoms with Crippen LogP contribution in [0.4, 0.5) is 0 Å². The Kier molecular flexibility index (Phi) is 3.22. The minimum Gasteiger partial charge on any atom is -0.264 e. The lowest BCUT2D eigenvalue weighted by molar-refractivity contribution is 0.804. The molecule has 2 aromatic rings.